The number of nitrogens with one attached hydrogen (secondary N) is 1. The van der Waals surface area contributed by atoms with Crippen molar-refractivity contribution in [2.24, 2.45) is 4.99 Å². The summed E-state index contributed by atoms with van der Waals surface area (Å²) in [7, 11) is 5.08. The van der Waals surface area contributed by atoms with Gasteiger partial charge in [0.25, 0.3) is 0 Å². The predicted octanol–water partition coefficient (Wildman–Crippen LogP) is 1.53. The summed E-state index contributed by atoms with van der Waals surface area (Å²) in [4.78, 5) is 10.8. The summed E-state index contributed by atoms with van der Waals surface area (Å²) < 4.78 is 15.8. The average molecular weight is 345 g/mol. The Bertz CT molecular complexity index is 772. The van der Waals surface area contributed by atoms with Gasteiger partial charge in [-0.2, -0.15) is 4.98 Å². The lowest BCUT2D eigenvalue weighted by Gasteiger charge is -2.32. The van der Waals surface area contributed by atoms with E-state index in [9.17, 15) is 0 Å². The first-order valence-corrected chi connectivity index (χ1v) is 8.13. The van der Waals surface area contributed by atoms with Gasteiger partial charge in [0.1, 0.15) is 0 Å². The number of fused-ring (bicyclic) bond motifs is 1. The SMILES string of the molecule is CN=C(NCc1noc(C)n1)N1CCc2cc(OC)c(OC)cc2C1. The van der Waals surface area contributed by atoms with Crippen LogP contribution < -0.4 is 14.8 Å². The highest BCUT2D eigenvalue weighted by Crippen LogP contribution is 2.33. The Kier molecular flexibility index (Phi) is 5.06. The first kappa shape index (κ1) is 17.1. The second kappa shape index (κ2) is 7.42. The fourth-order valence-electron chi connectivity index (χ4n) is 2.97. The lowest BCUT2D eigenvalue weighted by molar-refractivity contribution is 0.345. The second-order valence-electron chi connectivity index (χ2n) is 5.78. The molecule has 1 aromatic carbocycles. The van der Waals surface area contributed by atoms with Gasteiger partial charge >= 0.3 is 0 Å². The van der Waals surface area contributed by atoms with Gasteiger partial charge in [-0.25, -0.2) is 0 Å². The molecule has 0 spiro atoms. The number of aromatic nitrogens is 2. The molecule has 134 valence electrons. The molecule has 1 aliphatic heterocycles. The molecule has 1 aliphatic rings. The van der Waals surface area contributed by atoms with Crippen molar-refractivity contribution in [3.8, 4) is 11.5 Å². The molecule has 0 unspecified atom stereocenters. The number of hydrogen-bond acceptors (Lipinski definition) is 6. The Morgan fingerprint density at radius 1 is 1.28 bits per heavy atom. The van der Waals surface area contributed by atoms with Gasteiger partial charge in [0.05, 0.1) is 20.8 Å². The van der Waals surface area contributed by atoms with E-state index in [4.69, 9.17) is 14.0 Å². The number of hydrogen-bond donors (Lipinski definition) is 1. The third-order valence-electron chi connectivity index (χ3n) is 4.20. The van der Waals surface area contributed by atoms with Crippen molar-refractivity contribution in [1.82, 2.24) is 20.4 Å². The Hall–Kier alpha value is -2.77. The second-order valence-corrected chi connectivity index (χ2v) is 5.78. The van der Waals surface area contributed by atoms with Crippen LogP contribution in [0.2, 0.25) is 0 Å². The Balaban J connectivity index is 1.71. The molecule has 1 N–H and O–H groups in total. The van der Waals surface area contributed by atoms with E-state index >= 15 is 0 Å². The minimum Gasteiger partial charge on any atom is -0.493 e. The molecule has 8 heteroatoms. The van der Waals surface area contributed by atoms with Crippen LogP contribution in [0.3, 0.4) is 0 Å². The number of ether oxygens (including phenoxy) is 2. The van der Waals surface area contributed by atoms with Gasteiger partial charge in [0.15, 0.2) is 23.3 Å². The third-order valence-corrected chi connectivity index (χ3v) is 4.20. The lowest BCUT2D eigenvalue weighted by atomic mass is 9.99. The summed E-state index contributed by atoms with van der Waals surface area (Å²) in [6.07, 6.45) is 0.914. The summed E-state index contributed by atoms with van der Waals surface area (Å²) in [6, 6.07) is 4.10. The molecule has 3 rings (SSSR count). The molecule has 0 bridgehead atoms. The molecule has 1 aromatic heterocycles. The smallest absolute Gasteiger partial charge is 0.223 e. The van der Waals surface area contributed by atoms with Gasteiger partial charge in [0.2, 0.25) is 5.89 Å². The Morgan fingerprint density at radius 3 is 2.60 bits per heavy atom. The summed E-state index contributed by atoms with van der Waals surface area (Å²) >= 11 is 0. The summed E-state index contributed by atoms with van der Waals surface area (Å²) in [5, 5.41) is 7.18. The normalized spacial score (nSPS) is 14.2. The number of benzene rings is 1. The van der Waals surface area contributed by atoms with E-state index in [1.54, 1.807) is 28.2 Å². The van der Waals surface area contributed by atoms with Crippen LogP contribution in [0, 0.1) is 6.92 Å². The maximum absolute atomic E-state index is 5.42. The Labute approximate surface area is 146 Å². The zero-order chi connectivity index (χ0) is 17.8. The van der Waals surface area contributed by atoms with Crippen LogP contribution in [-0.4, -0.2) is 48.8 Å². The van der Waals surface area contributed by atoms with Gasteiger partial charge in [-0.15, -0.1) is 0 Å². The fraction of sp³-hybridized carbons (Fsp3) is 0.471. The van der Waals surface area contributed by atoms with E-state index in [0.29, 0.717) is 18.3 Å². The van der Waals surface area contributed by atoms with Gasteiger partial charge in [-0.1, -0.05) is 5.16 Å². The quantitative estimate of drug-likeness (QED) is 0.664. The molecule has 2 heterocycles. The van der Waals surface area contributed by atoms with Crippen LogP contribution in [0.25, 0.3) is 0 Å². The van der Waals surface area contributed by atoms with Crippen LogP contribution in [0.1, 0.15) is 22.8 Å². The van der Waals surface area contributed by atoms with Crippen LogP contribution >= 0.6 is 0 Å². The number of aryl methyl sites for hydroxylation is 1. The summed E-state index contributed by atoms with van der Waals surface area (Å²) in [6.45, 7) is 3.86. The van der Waals surface area contributed by atoms with Crippen LogP contribution in [-0.2, 0) is 19.5 Å². The molecule has 0 saturated carbocycles. The molecule has 0 radical (unpaired) electrons. The van der Waals surface area contributed by atoms with Crippen LogP contribution in [0.5, 0.6) is 11.5 Å². The number of aliphatic imine (C=N–C) groups is 1. The molecular weight excluding hydrogens is 322 g/mol. The van der Waals surface area contributed by atoms with E-state index in [1.165, 1.54) is 11.1 Å². The maximum Gasteiger partial charge on any atom is 0.223 e. The standard InChI is InChI=1S/C17H23N5O3/c1-11-20-16(21-25-11)9-19-17(18-2)22-6-5-12-7-14(23-3)15(24-4)8-13(12)10-22/h7-8H,5-6,9-10H2,1-4H3,(H,18,19). The maximum atomic E-state index is 5.42. The average Bonchev–Trinajstić information content (AvgIpc) is 3.06. The predicted molar refractivity (Wildman–Crippen MR) is 92.9 cm³/mol. The third kappa shape index (κ3) is 3.67. The zero-order valence-corrected chi connectivity index (χ0v) is 15.0. The van der Waals surface area contributed by atoms with Crippen molar-refractivity contribution < 1.29 is 14.0 Å². The number of guanidine groups is 1. The first-order valence-electron chi connectivity index (χ1n) is 8.13. The highest BCUT2D eigenvalue weighted by molar-refractivity contribution is 5.80. The molecule has 25 heavy (non-hydrogen) atoms. The van der Waals surface area contributed by atoms with Gasteiger partial charge in [-0.05, 0) is 29.7 Å². The molecule has 8 nitrogen and oxygen atoms in total. The van der Waals surface area contributed by atoms with E-state index < -0.39 is 0 Å². The van der Waals surface area contributed by atoms with Gasteiger partial charge in [-0.3, -0.25) is 4.99 Å². The van der Waals surface area contributed by atoms with E-state index in [1.807, 2.05) is 6.07 Å². The van der Waals surface area contributed by atoms with E-state index in [-0.39, 0.29) is 0 Å². The zero-order valence-electron chi connectivity index (χ0n) is 15.0. The van der Waals surface area contributed by atoms with Crippen LogP contribution in [0.15, 0.2) is 21.6 Å². The molecule has 0 aliphatic carbocycles. The lowest BCUT2D eigenvalue weighted by Crippen LogP contribution is -2.43. The van der Waals surface area contributed by atoms with Crippen molar-refractivity contribution >= 4 is 5.96 Å². The van der Waals surface area contributed by atoms with E-state index in [0.717, 1.165) is 37.0 Å². The molecule has 0 saturated heterocycles. The van der Waals surface area contributed by atoms with Crippen molar-refractivity contribution in [2.45, 2.75) is 26.4 Å². The molecular formula is C17H23N5O3. The molecule has 0 fully saturated rings. The topological polar surface area (TPSA) is 85.0 Å². The Morgan fingerprint density at radius 2 is 2.00 bits per heavy atom. The van der Waals surface area contributed by atoms with Gasteiger partial charge in [0, 0.05) is 27.1 Å². The van der Waals surface area contributed by atoms with Gasteiger partial charge < -0.3 is 24.2 Å². The highest BCUT2D eigenvalue weighted by Gasteiger charge is 2.21. The van der Waals surface area contributed by atoms with Crippen molar-refractivity contribution in [2.75, 3.05) is 27.8 Å². The van der Waals surface area contributed by atoms with Crippen molar-refractivity contribution in [1.29, 1.82) is 0 Å². The summed E-state index contributed by atoms with van der Waals surface area (Å²) in [5.74, 6) is 3.49. The molecule has 0 atom stereocenters. The fourth-order valence-corrected chi connectivity index (χ4v) is 2.97. The number of nitrogens with zero attached hydrogens (tertiary/aromatic N) is 4. The summed E-state index contributed by atoms with van der Waals surface area (Å²) in [5.41, 5.74) is 2.49. The molecule has 0 amide bonds. The largest absolute Gasteiger partial charge is 0.493 e. The monoisotopic (exact) mass is 345 g/mol. The van der Waals surface area contributed by atoms with Crippen LogP contribution in [0.4, 0.5) is 0 Å². The molecule has 2 aromatic rings. The minimum absolute atomic E-state index is 0.472. The van der Waals surface area contributed by atoms with Crippen molar-refractivity contribution in [3.63, 3.8) is 0 Å². The number of rotatable bonds is 4. The first-order chi connectivity index (χ1) is 12.1. The number of methoxy groups -OCH3 is 2. The van der Waals surface area contributed by atoms with Crippen molar-refractivity contribution in [3.05, 3.63) is 35.0 Å². The van der Waals surface area contributed by atoms with E-state index in [2.05, 4.69) is 31.4 Å². The minimum atomic E-state index is 0.472. The highest BCUT2D eigenvalue weighted by atomic mass is 16.5.